The van der Waals surface area contributed by atoms with Crippen molar-refractivity contribution in [2.75, 3.05) is 18.0 Å². The van der Waals surface area contributed by atoms with E-state index in [2.05, 4.69) is 11.0 Å². The molecule has 4 heteroatoms. The van der Waals surface area contributed by atoms with Crippen molar-refractivity contribution in [3.8, 4) is 6.07 Å². The molecule has 18 heavy (non-hydrogen) atoms. The molecule has 0 saturated heterocycles. The van der Waals surface area contributed by atoms with E-state index in [0.717, 1.165) is 43.6 Å². The number of nitriles is 1. The highest BCUT2D eigenvalue weighted by molar-refractivity contribution is 5.91. The molecular weight excluding hydrogens is 228 g/mol. The standard InChI is InChI=1S/C14H16N2O2/c15-8-1-2-9-16-10-4-6-11-12(14(17)18)5-3-7-13(11)16/h3,5,7H,1-2,4,6,9-10H2,(H,17,18). The molecule has 1 N–H and O–H groups in total. The summed E-state index contributed by atoms with van der Waals surface area (Å²) < 4.78 is 0. The Morgan fingerprint density at radius 2 is 2.33 bits per heavy atom. The molecule has 0 aromatic heterocycles. The Bertz CT molecular complexity index is 491. The van der Waals surface area contributed by atoms with Gasteiger partial charge in [-0.2, -0.15) is 5.26 Å². The van der Waals surface area contributed by atoms with Crippen LogP contribution in [0.2, 0.25) is 0 Å². The maximum Gasteiger partial charge on any atom is 0.336 e. The fourth-order valence-electron chi connectivity index (χ4n) is 2.48. The number of benzene rings is 1. The van der Waals surface area contributed by atoms with Crippen molar-refractivity contribution in [1.82, 2.24) is 0 Å². The number of carbonyl (C=O) groups is 1. The number of fused-ring (bicyclic) bond motifs is 1. The van der Waals surface area contributed by atoms with Crippen LogP contribution in [0.3, 0.4) is 0 Å². The van der Waals surface area contributed by atoms with Crippen LogP contribution in [0.5, 0.6) is 0 Å². The first-order chi connectivity index (χ1) is 8.74. The SMILES string of the molecule is N#CCCCN1CCCc2c(C(=O)O)cccc21. The first kappa shape index (κ1) is 12.4. The van der Waals surface area contributed by atoms with Gasteiger partial charge in [0.05, 0.1) is 11.6 Å². The summed E-state index contributed by atoms with van der Waals surface area (Å²) in [6, 6.07) is 7.58. The van der Waals surface area contributed by atoms with Crippen LogP contribution in [0, 0.1) is 11.3 Å². The lowest BCUT2D eigenvalue weighted by Crippen LogP contribution is -2.31. The average molecular weight is 244 g/mol. The molecule has 0 unspecified atom stereocenters. The largest absolute Gasteiger partial charge is 0.478 e. The molecule has 0 saturated carbocycles. The summed E-state index contributed by atoms with van der Waals surface area (Å²) in [5.74, 6) is -0.856. The number of aromatic carboxylic acids is 1. The van der Waals surface area contributed by atoms with Gasteiger partial charge < -0.3 is 10.0 Å². The minimum absolute atomic E-state index is 0.414. The van der Waals surface area contributed by atoms with Gasteiger partial charge in [0.1, 0.15) is 0 Å². The van der Waals surface area contributed by atoms with Crippen LogP contribution < -0.4 is 4.90 Å². The molecule has 0 fully saturated rings. The summed E-state index contributed by atoms with van der Waals surface area (Å²) in [6.45, 7) is 1.77. The Morgan fingerprint density at radius 1 is 1.50 bits per heavy atom. The van der Waals surface area contributed by atoms with E-state index in [9.17, 15) is 9.90 Å². The number of hydrogen-bond acceptors (Lipinski definition) is 3. The molecule has 1 aliphatic rings. The Labute approximate surface area is 106 Å². The minimum Gasteiger partial charge on any atom is -0.478 e. The Kier molecular flexibility index (Phi) is 3.83. The molecule has 94 valence electrons. The highest BCUT2D eigenvalue weighted by atomic mass is 16.4. The summed E-state index contributed by atoms with van der Waals surface area (Å²) in [5.41, 5.74) is 2.38. The fourth-order valence-corrected chi connectivity index (χ4v) is 2.48. The third kappa shape index (κ3) is 2.45. The zero-order valence-electron chi connectivity index (χ0n) is 10.2. The lowest BCUT2D eigenvalue weighted by atomic mass is 9.96. The van der Waals surface area contributed by atoms with Gasteiger partial charge in [0.25, 0.3) is 0 Å². The highest BCUT2D eigenvalue weighted by Crippen LogP contribution is 2.30. The number of carboxylic acid groups (broad SMARTS) is 1. The molecule has 1 aromatic carbocycles. The van der Waals surface area contributed by atoms with Crippen LogP contribution in [0.25, 0.3) is 0 Å². The molecule has 1 heterocycles. The smallest absolute Gasteiger partial charge is 0.336 e. The van der Waals surface area contributed by atoms with Crippen molar-refractivity contribution in [1.29, 1.82) is 5.26 Å². The van der Waals surface area contributed by atoms with Crippen molar-refractivity contribution in [2.45, 2.75) is 25.7 Å². The number of hydrogen-bond donors (Lipinski definition) is 1. The van der Waals surface area contributed by atoms with Crippen molar-refractivity contribution in [3.05, 3.63) is 29.3 Å². The Morgan fingerprint density at radius 3 is 3.06 bits per heavy atom. The Balaban J connectivity index is 2.24. The number of anilines is 1. The molecular formula is C14H16N2O2. The Hall–Kier alpha value is -2.02. The molecule has 0 amide bonds. The van der Waals surface area contributed by atoms with Gasteiger partial charge in [-0.05, 0) is 37.0 Å². The van der Waals surface area contributed by atoms with Gasteiger partial charge in [-0.25, -0.2) is 4.79 Å². The monoisotopic (exact) mass is 244 g/mol. The summed E-state index contributed by atoms with van der Waals surface area (Å²) in [4.78, 5) is 13.4. The number of carboxylic acids is 1. The summed E-state index contributed by atoms with van der Waals surface area (Å²) >= 11 is 0. The van der Waals surface area contributed by atoms with E-state index in [-0.39, 0.29) is 0 Å². The number of rotatable bonds is 4. The molecule has 1 aromatic rings. The van der Waals surface area contributed by atoms with E-state index in [0.29, 0.717) is 12.0 Å². The fraction of sp³-hybridized carbons (Fsp3) is 0.429. The van der Waals surface area contributed by atoms with Crippen LogP contribution in [0.4, 0.5) is 5.69 Å². The second-order valence-corrected chi connectivity index (χ2v) is 4.46. The summed E-state index contributed by atoms with van der Waals surface area (Å²) in [6.07, 6.45) is 3.17. The second-order valence-electron chi connectivity index (χ2n) is 4.46. The second kappa shape index (κ2) is 5.54. The molecule has 0 aliphatic carbocycles. The molecule has 0 bridgehead atoms. The zero-order chi connectivity index (χ0) is 13.0. The first-order valence-electron chi connectivity index (χ1n) is 6.21. The van der Waals surface area contributed by atoms with E-state index in [4.69, 9.17) is 5.26 Å². The summed E-state index contributed by atoms with van der Waals surface area (Å²) in [7, 11) is 0. The van der Waals surface area contributed by atoms with Crippen molar-refractivity contribution >= 4 is 11.7 Å². The van der Waals surface area contributed by atoms with Gasteiger partial charge in [-0.1, -0.05) is 6.07 Å². The van der Waals surface area contributed by atoms with Gasteiger partial charge in [-0.15, -0.1) is 0 Å². The topological polar surface area (TPSA) is 64.3 Å². The summed E-state index contributed by atoms with van der Waals surface area (Å²) in [5, 5.41) is 17.7. The predicted octanol–water partition coefficient (Wildman–Crippen LogP) is 2.44. The molecule has 0 atom stereocenters. The quantitative estimate of drug-likeness (QED) is 0.826. The van der Waals surface area contributed by atoms with Crippen molar-refractivity contribution in [2.24, 2.45) is 0 Å². The lowest BCUT2D eigenvalue weighted by Gasteiger charge is -2.31. The van der Waals surface area contributed by atoms with Gasteiger partial charge in [-0.3, -0.25) is 0 Å². The third-order valence-corrected chi connectivity index (χ3v) is 3.29. The van der Waals surface area contributed by atoms with Gasteiger partial charge in [0.2, 0.25) is 0 Å². The molecule has 2 rings (SSSR count). The van der Waals surface area contributed by atoms with E-state index in [1.165, 1.54) is 0 Å². The van der Waals surface area contributed by atoms with E-state index >= 15 is 0 Å². The maximum atomic E-state index is 11.2. The van der Waals surface area contributed by atoms with Crippen LogP contribution in [0.1, 0.15) is 35.2 Å². The van der Waals surface area contributed by atoms with E-state index in [1.54, 1.807) is 12.1 Å². The molecule has 1 aliphatic heterocycles. The van der Waals surface area contributed by atoms with Crippen LogP contribution in [0.15, 0.2) is 18.2 Å². The molecule has 0 radical (unpaired) electrons. The van der Waals surface area contributed by atoms with Gasteiger partial charge in [0.15, 0.2) is 0 Å². The molecule has 0 spiro atoms. The van der Waals surface area contributed by atoms with Gasteiger partial charge in [0, 0.05) is 25.2 Å². The number of unbranched alkanes of at least 4 members (excludes halogenated alkanes) is 1. The maximum absolute atomic E-state index is 11.2. The minimum atomic E-state index is -0.856. The normalized spacial score (nSPS) is 13.8. The first-order valence-corrected chi connectivity index (χ1v) is 6.21. The lowest BCUT2D eigenvalue weighted by molar-refractivity contribution is 0.0695. The molecule has 4 nitrogen and oxygen atoms in total. The van der Waals surface area contributed by atoms with Crippen molar-refractivity contribution in [3.63, 3.8) is 0 Å². The highest BCUT2D eigenvalue weighted by Gasteiger charge is 2.21. The van der Waals surface area contributed by atoms with Crippen LogP contribution in [-0.2, 0) is 6.42 Å². The average Bonchev–Trinajstić information content (AvgIpc) is 2.38. The van der Waals surface area contributed by atoms with Crippen LogP contribution >= 0.6 is 0 Å². The zero-order valence-corrected chi connectivity index (χ0v) is 10.2. The number of nitrogens with zero attached hydrogens (tertiary/aromatic N) is 2. The van der Waals surface area contributed by atoms with Crippen molar-refractivity contribution < 1.29 is 9.90 Å². The van der Waals surface area contributed by atoms with E-state index < -0.39 is 5.97 Å². The van der Waals surface area contributed by atoms with Crippen LogP contribution in [-0.4, -0.2) is 24.2 Å². The third-order valence-electron chi connectivity index (χ3n) is 3.29. The van der Waals surface area contributed by atoms with Gasteiger partial charge >= 0.3 is 5.97 Å². The van der Waals surface area contributed by atoms with E-state index in [1.807, 2.05) is 6.07 Å². The predicted molar refractivity (Wildman–Crippen MR) is 68.8 cm³/mol.